The maximum atomic E-state index is 12.9. The second kappa shape index (κ2) is 9.85. The van der Waals surface area contributed by atoms with E-state index in [4.69, 9.17) is 5.11 Å². The molecule has 1 N–H and O–H groups in total. The number of rotatable bonds is 7. The first-order valence-electron chi connectivity index (χ1n) is 9.75. The highest BCUT2D eigenvalue weighted by Gasteiger charge is 2.28. The van der Waals surface area contributed by atoms with Crippen LogP contribution in [0.4, 0.5) is 0 Å². The topological polar surface area (TPSA) is 64.1 Å². The number of carbonyl (C=O) groups is 2. The zero-order valence-electron chi connectivity index (χ0n) is 17.0. The highest BCUT2D eigenvalue weighted by molar-refractivity contribution is 5.81. The molecule has 27 heavy (non-hydrogen) atoms. The van der Waals surface area contributed by atoms with Gasteiger partial charge in [-0.25, -0.2) is 0 Å². The van der Waals surface area contributed by atoms with E-state index in [1.807, 2.05) is 43.0 Å². The first-order valence-corrected chi connectivity index (χ1v) is 9.75. The number of hydrogen-bond donors (Lipinski definition) is 1. The highest BCUT2D eigenvalue weighted by atomic mass is 16.4. The molecule has 1 amide bonds. The summed E-state index contributed by atoms with van der Waals surface area (Å²) in [7, 11) is 3.74. The van der Waals surface area contributed by atoms with E-state index < -0.39 is 5.97 Å². The van der Waals surface area contributed by atoms with E-state index in [1.165, 1.54) is 11.1 Å². The van der Waals surface area contributed by atoms with Crippen molar-refractivity contribution in [3.63, 3.8) is 0 Å². The minimum absolute atomic E-state index is 0.0678. The molecular formula is C21H33N3O3. The molecular weight excluding hydrogens is 342 g/mol. The first kappa shape index (κ1) is 21.4. The smallest absolute Gasteiger partial charge is 0.317 e. The van der Waals surface area contributed by atoms with Crippen LogP contribution in [0.3, 0.4) is 0 Å². The molecule has 2 atom stereocenters. The molecule has 1 aliphatic heterocycles. The Hall–Kier alpha value is -1.92. The Morgan fingerprint density at radius 1 is 1.22 bits per heavy atom. The molecule has 2 unspecified atom stereocenters. The van der Waals surface area contributed by atoms with Gasteiger partial charge in [-0.1, -0.05) is 24.3 Å². The summed E-state index contributed by atoms with van der Waals surface area (Å²) in [5.41, 5.74) is 2.37. The van der Waals surface area contributed by atoms with Gasteiger partial charge in [-0.2, -0.15) is 0 Å². The van der Waals surface area contributed by atoms with Crippen molar-refractivity contribution < 1.29 is 14.7 Å². The van der Waals surface area contributed by atoms with Crippen molar-refractivity contribution in [3.8, 4) is 0 Å². The van der Waals surface area contributed by atoms with Crippen molar-refractivity contribution in [2.75, 3.05) is 33.7 Å². The predicted molar refractivity (Wildman–Crippen MR) is 107 cm³/mol. The van der Waals surface area contributed by atoms with Gasteiger partial charge in [-0.3, -0.25) is 19.4 Å². The lowest BCUT2D eigenvalue weighted by Crippen LogP contribution is -2.46. The van der Waals surface area contributed by atoms with Crippen molar-refractivity contribution >= 4 is 11.9 Å². The fraction of sp³-hybridized carbons (Fsp3) is 0.619. The van der Waals surface area contributed by atoms with Gasteiger partial charge in [0.1, 0.15) is 0 Å². The quantitative estimate of drug-likeness (QED) is 0.792. The van der Waals surface area contributed by atoms with Crippen LogP contribution in [0.2, 0.25) is 0 Å². The summed E-state index contributed by atoms with van der Waals surface area (Å²) in [4.78, 5) is 29.8. The lowest BCUT2D eigenvalue weighted by atomic mass is 10.1. The molecule has 1 aromatic carbocycles. The number of aliphatic carboxylic acids is 1. The average molecular weight is 376 g/mol. The summed E-state index contributed by atoms with van der Waals surface area (Å²) in [6.45, 7) is 6.44. The van der Waals surface area contributed by atoms with Crippen molar-refractivity contribution in [3.05, 3.63) is 35.4 Å². The predicted octanol–water partition coefficient (Wildman–Crippen LogP) is 2.21. The Morgan fingerprint density at radius 2 is 1.93 bits per heavy atom. The maximum absolute atomic E-state index is 12.9. The number of hydrogen-bond acceptors (Lipinski definition) is 4. The largest absolute Gasteiger partial charge is 0.480 e. The monoisotopic (exact) mass is 375 g/mol. The molecule has 0 radical (unpaired) electrons. The van der Waals surface area contributed by atoms with Gasteiger partial charge < -0.3 is 10.0 Å². The molecule has 0 spiro atoms. The zero-order valence-corrected chi connectivity index (χ0v) is 17.0. The van der Waals surface area contributed by atoms with Gasteiger partial charge in [0.2, 0.25) is 5.91 Å². The van der Waals surface area contributed by atoms with Crippen LogP contribution in [0.1, 0.15) is 37.3 Å². The molecule has 0 saturated carbocycles. The summed E-state index contributed by atoms with van der Waals surface area (Å²) < 4.78 is 0. The number of carbonyl (C=O) groups excluding carboxylic acids is 1. The number of aryl methyl sites for hydroxylation is 1. The van der Waals surface area contributed by atoms with Crippen LogP contribution in [-0.2, 0) is 16.1 Å². The van der Waals surface area contributed by atoms with Gasteiger partial charge in [0, 0.05) is 26.2 Å². The van der Waals surface area contributed by atoms with Gasteiger partial charge in [-0.15, -0.1) is 0 Å². The third-order valence-electron chi connectivity index (χ3n) is 5.69. The number of benzene rings is 1. The van der Waals surface area contributed by atoms with Crippen molar-refractivity contribution in [1.82, 2.24) is 14.7 Å². The summed E-state index contributed by atoms with van der Waals surface area (Å²) in [5, 5.41) is 9.00. The molecule has 1 heterocycles. The average Bonchev–Trinajstić information content (AvgIpc) is 2.88. The van der Waals surface area contributed by atoms with Crippen LogP contribution < -0.4 is 0 Å². The van der Waals surface area contributed by atoms with Crippen LogP contribution in [0.15, 0.2) is 24.3 Å². The molecule has 1 fully saturated rings. The zero-order chi connectivity index (χ0) is 20.0. The van der Waals surface area contributed by atoms with E-state index in [2.05, 4.69) is 24.0 Å². The molecule has 6 heteroatoms. The number of likely N-dealkylation sites (tertiary alicyclic amines) is 1. The fourth-order valence-corrected chi connectivity index (χ4v) is 3.87. The summed E-state index contributed by atoms with van der Waals surface area (Å²) in [6, 6.07) is 8.25. The van der Waals surface area contributed by atoms with E-state index in [1.54, 1.807) is 0 Å². The third kappa shape index (κ3) is 6.04. The lowest BCUT2D eigenvalue weighted by molar-refractivity contribution is -0.138. The number of likely N-dealkylation sites (N-methyl/N-ethyl adjacent to an activating group) is 2. The third-order valence-corrected chi connectivity index (χ3v) is 5.69. The maximum Gasteiger partial charge on any atom is 0.317 e. The lowest BCUT2D eigenvalue weighted by Gasteiger charge is -2.31. The van der Waals surface area contributed by atoms with E-state index in [0.29, 0.717) is 6.54 Å². The second-order valence-corrected chi connectivity index (χ2v) is 7.73. The van der Waals surface area contributed by atoms with E-state index in [0.717, 1.165) is 32.4 Å². The molecule has 1 aromatic rings. The minimum Gasteiger partial charge on any atom is -0.480 e. The van der Waals surface area contributed by atoms with Gasteiger partial charge in [0.15, 0.2) is 0 Å². The molecule has 0 aromatic heterocycles. The van der Waals surface area contributed by atoms with E-state index >= 15 is 0 Å². The molecule has 150 valence electrons. The number of carboxylic acids is 1. The van der Waals surface area contributed by atoms with E-state index in [9.17, 15) is 9.59 Å². The molecule has 2 rings (SSSR count). The van der Waals surface area contributed by atoms with Crippen LogP contribution in [0, 0.1) is 6.92 Å². The van der Waals surface area contributed by atoms with Crippen LogP contribution in [0.25, 0.3) is 0 Å². The molecule has 0 aliphatic carbocycles. The van der Waals surface area contributed by atoms with Gasteiger partial charge >= 0.3 is 5.97 Å². The Morgan fingerprint density at radius 3 is 2.59 bits per heavy atom. The minimum atomic E-state index is -0.792. The van der Waals surface area contributed by atoms with Crippen LogP contribution >= 0.6 is 0 Å². The Kier molecular flexibility index (Phi) is 7.80. The molecule has 6 nitrogen and oxygen atoms in total. The molecule has 1 saturated heterocycles. The highest BCUT2D eigenvalue weighted by Crippen LogP contribution is 2.19. The van der Waals surface area contributed by atoms with Crippen molar-refractivity contribution in [2.24, 2.45) is 0 Å². The number of amides is 1. The standard InChI is InChI=1S/C21H33N3O3/c1-16-8-5-6-9-18(16)14-23(4)21(27)17(2)24-12-7-10-19(11-13-24)22(3)15-20(25)26/h5-6,8-9,17,19H,7,10-15H2,1-4H3,(H,25,26). The first-order chi connectivity index (χ1) is 12.8. The molecule has 1 aliphatic rings. The fourth-order valence-electron chi connectivity index (χ4n) is 3.87. The Labute approximate surface area is 162 Å². The van der Waals surface area contributed by atoms with Gasteiger partial charge in [-0.05, 0) is 57.8 Å². The Balaban J connectivity index is 1.92. The summed E-state index contributed by atoms with van der Waals surface area (Å²) in [6.07, 6.45) is 2.84. The van der Waals surface area contributed by atoms with Crippen LogP contribution in [0.5, 0.6) is 0 Å². The summed E-state index contributed by atoms with van der Waals surface area (Å²) >= 11 is 0. The number of carboxylic acid groups (broad SMARTS) is 1. The normalized spacial score (nSPS) is 19.5. The Bertz CT molecular complexity index is 649. The molecule has 0 bridgehead atoms. The summed E-state index contributed by atoms with van der Waals surface area (Å²) in [5.74, 6) is -0.657. The second-order valence-electron chi connectivity index (χ2n) is 7.73. The van der Waals surface area contributed by atoms with Gasteiger partial charge in [0.05, 0.1) is 12.6 Å². The van der Waals surface area contributed by atoms with Crippen molar-refractivity contribution in [1.29, 1.82) is 0 Å². The van der Waals surface area contributed by atoms with Gasteiger partial charge in [0.25, 0.3) is 0 Å². The SMILES string of the molecule is Cc1ccccc1CN(C)C(=O)C(C)N1CCCC(N(C)CC(=O)O)CC1. The van der Waals surface area contributed by atoms with E-state index in [-0.39, 0.29) is 24.5 Å². The van der Waals surface area contributed by atoms with Crippen molar-refractivity contribution in [2.45, 2.75) is 51.7 Å². The van der Waals surface area contributed by atoms with Crippen LogP contribution in [-0.4, -0.2) is 77.5 Å². The number of nitrogens with zero attached hydrogens (tertiary/aromatic N) is 3.